The molecular formula is C19H29N5. The van der Waals surface area contributed by atoms with Crippen molar-refractivity contribution in [2.45, 2.75) is 46.2 Å². The minimum Gasteiger partial charge on any atom is -0.356 e. The first-order chi connectivity index (χ1) is 11.8. The van der Waals surface area contributed by atoms with E-state index >= 15 is 0 Å². The number of aromatic nitrogens is 2. The van der Waals surface area contributed by atoms with Crippen molar-refractivity contribution in [3.8, 4) is 0 Å². The summed E-state index contributed by atoms with van der Waals surface area (Å²) in [7, 11) is 0. The van der Waals surface area contributed by atoms with Crippen LogP contribution in [-0.2, 0) is 13.1 Å². The van der Waals surface area contributed by atoms with Gasteiger partial charge in [-0.15, -0.1) is 0 Å². The highest BCUT2D eigenvalue weighted by atomic mass is 15.2. The summed E-state index contributed by atoms with van der Waals surface area (Å²) >= 11 is 0. The lowest BCUT2D eigenvalue weighted by atomic mass is 10.1. The van der Waals surface area contributed by atoms with Crippen molar-refractivity contribution < 1.29 is 0 Å². The first-order valence-corrected chi connectivity index (χ1v) is 8.81. The molecule has 0 saturated carbocycles. The number of benzene rings is 1. The van der Waals surface area contributed by atoms with Crippen molar-refractivity contribution in [1.82, 2.24) is 20.2 Å². The molecular weight excluding hydrogens is 298 g/mol. The largest absolute Gasteiger partial charge is 0.356 e. The fourth-order valence-electron chi connectivity index (χ4n) is 2.31. The quantitative estimate of drug-likeness (QED) is 0.423. The summed E-state index contributed by atoms with van der Waals surface area (Å²) in [5.74, 6) is 0.898. The highest BCUT2D eigenvalue weighted by molar-refractivity contribution is 5.79. The molecule has 1 aromatic heterocycles. The van der Waals surface area contributed by atoms with Crippen LogP contribution >= 0.6 is 0 Å². The number of unbranched alkanes of at least 4 members (excludes halogenated alkanes) is 1. The Labute approximate surface area is 145 Å². The summed E-state index contributed by atoms with van der Waals surface area (Å²) in [6, 6.07) is 8.55. The first kappa shape index (κ1) is 18.0. The zero-order valence-corrected chi connectivity index (χ0v) is 14.8. The van der Waals surface area contributed by atoms with E-state index in [-0.39, 0.29) is 0 Å². The number of aryl methyl sites for hydroxylation is 2. The maximum absolute atomic E-state index is 4.71. The fraction of sp³-hybridized carbons (Fsp3) is 0.474. The molecule has 0 aliphatic rings. The topological polar surface area (TPSA) is 54.2 Å². The van der Waals surface area contributed by atoms with E-state index in [1.54, 1.807) is 0 Å². The highest BCUT2D eigenvalue weighted by Gasteiger charge is 1.99. The summed E-state index contributed by atoms with van der Waals surface area (Å²) in [4.78, 5) is 8.77. The lowest BCUT2D eigenvalue weighted by Crippen LogP contribution is -2.38. The van der Waals surface area contributed by atoms with Crippen molar-refractivity contribution in [1.29, 1.82) is 0 Å². The van der Waals surface area contributed by atoms with Gasteiger partial charge in [0.2, 0.25) is 0 Å². The summed E-state index contributed by atoms with van der Waals surface area (Å²) in [5.41, 5.74) is 2.51. The Morgan fingerprint density at radius 1 is 1.12 bits per heavy atom. The van der Waals surface area contributed by atoms with Crippen LogP contribution in [0.2, 0.25) is 0 Å². The molecule has 1 heterocycles. The standard InChI is InChI=1S/C19H29N5/c1-3-4-10-21-19(22-11-5-13-24-14-12-20-16-24)23-15-18-8-6-17(2)7-9-18/h6-9,12,14,16H,3-5,10-11,13,15H2,1-2H3,(H2,21,22,23). The molecule has 5 nitrogen and oxygen atoms in total. The lowest BCUT2D eigenvalue weighted by Gasteiger charge is -2.12. The second-order valence-electron chi connectivity index (χ2n) is 6.01. The molecule has 2 N–H and O–H groups in total. The van der Waals surface area contributed by atoms with E-state index in [1.165, 1.54) is 17.5 Å². The van der Waals surface area contributed by atoms with E-state index in [2.05, 4.69) is 58.3 Å². The van der Waals surface area contributed by atoms with Crippen LogP contribution < -0.4 is 10.6 Å². The second kappa shape index (κ2) is 10.5. The number of rotatable bonds is 9. The van der Waals surface area contributed by atoms with Gasteiger partial charge < -0.3 is 15.2 Å². The minimum atomic E-state index is 0.698. The average molecular weight is 327 g/mol. The molecule has 0 fully saturated rings. The van der Waals surface area contributed by atoms with Crippen LogP contribution in [-0.4, -0.2) is 28.6 Å². The predicted molar refractivity (Wildman–Crippen MR) is 100 cm³/mol. The summed E-state index contributed by atoms with van der Waals surface area (Å²) < 4.78 is 2.09. The lowest BCUT2D eigenvalue weighted by molar-refractivity contribution is 0.622. The summed E-state index contributed by atoms with van der Waals surface area (Å²) in [6.07, 6.45) is 9.03. The second-order valence-corrected chi connectivity index (χ2v) is 6.01. The molecule has 1 aromatic carbocycles. The van der Waals surface area contributed by atoms with Gasteiger partial charge in [-0.05, 0) is 25.3 Å². The molecule has 2 aromatic rings. The Bertz CT molecular complexity index is 587. The van der Waals surface area contributed by atoms with E-state index < -0.39 is 0 Å². The SMILES string of the molecule is CCCCNC(=NCc1ccc(C)cc1)NCCCn1ccnc1. The monoisotopic (exact) mass is 327 g/mol. The van der Waals surface area contributed by atoms with Gasteiger partial charge in [0.25, 0.3) is 0 Å². The Hall–Kier alpha value is -2.30. The number of hydrogen-bond donors (Lipinski definition) is 2. The predicted octanol–water partition coefficient (Wildman–Crippen LogP) is 3.12. The van der Waals surface area contributed by atoms with Gasteiger partial charge in [-0.3, -0.25) is 0 Å². The third-order valence-corrected chi connectivity index (χ3v) is 3.81. The maximum atomic E-state index is 4.71. The maximum Gasteiger partial charge on any atom is 0.191 e. The van der Waals surface area contributed by atoms with Crippen molar-refractivity contribution in [3.63, 3.8) is 0 Å². The fourth-order valence-corrected chi connectivity index (χ4v) is 2.31. The molecule has 0 unspecified atom stereocenters. The third kappa shape index (κ3) is 6.86. The zero-order chi connectivity index (χ0) is 17.0. The van der Waals surface area contributed by atoms with E-state index in [0.29, 0.717) is 6.54 Å². The van der Waals surface area contributed by atoms with Gasteiger partial charge in [0.05, 0.1) is 12.9 Å². The number of guanidine groups is 1. The number of imidazole rings is 1. The smallest absolute Gasteiger partial charge is 0.191 e. The van der Waals surface area contributed by atoms with Gasteiger partial charge in [-0.2, -0.15) is 0 Å². The zero-order valence-electron chi connectivity index (χ0n) is 14.8. The first-order valence-electron chi connectivity index (χ1n) is 8.81. The van der Waals surface area contributed by atoms with Gasteiger partial charge in [-0.25, -0.2) is 9.98 Å². The summed E-state index contributed by atoms with van der Waals surface area (Å²) in [5, 5.41) is 6.84. The van der Waals surface area contributed by atoms with Gasteiger partial charge in [-0.1, -0.05) is 43.2 Å². The van der Waals surface area contributed by atoms with Gasteiger partial charge in [0.1, 0.15) is 0 Å². The minimum absolute atomic E-state index is 0.698. The van der Waals surface area contributed by atoms with E-state index in [0.717, 1.165) is 38.4 Å². The molecule has 5 heteroatoms. The number of aliphatic imine (C=N–C) groups is 1. The van der Waals surface area contributed by atoms with E-state index in [9.17, 15) is 0 Å². The average Bonchev–Trinajstić information content (AvgIpc) is 3.11. The van der Waals surface area contributed by atoms with Crippen molar-refractivity contribution in [3.05, 3.63) is 54.1 Å². The number of hydrogen-bond acceptors (Lipinski definition) is 2. The van der Waals surface area contributed by atoms with Crippen LogP contribution in [0.1, 0.15) is 37.3 Å². The van der Waals surface area contributed by atoms with Crippen LogP contribution in [0, 0.1) is 6.92 Å². The van der Waals surface area contributed by atoms with Gasteiger partial charge in [0.15, 0.2) is 5.96 Å². The normalized spacial score (nSPS) is 11.5. The molecule has 0 spiro atoms. The molecule has 130 valence electrons. The van der Waals surface area contributed by atoms with Crippen molar-refractivity contribution in [2.75, 3.05) is 13.1 Å². The number of nitrogens with one attached hydrogen (secondary N) is 2. The molecule has 0 radical (unpaired) electrons. The molecule has 0 saturated heterocycles. The van der Waals surface area contributed by atoms with Gasteiger partial charge >= 0.3 is 0 Å². The molecule has 2 rings (SSSR count). The Morgan fingerprint density at radius 2 is 1.88 bits per heavy atom. The van der Waals surface area contributed by atoms with Crippen LogP contribution in [0.15, 0.2) is 48.0 Å². The number of nitrogens with zero attached hydrogens (tertiary/aromatic N) is 3. The third-order valence-electron chi connectivity index (χ3n) is 3.81. The van der Waals surface area contributed by atoms with Crippen LogP contribution in [0.5, 0.6) is 0 Å². The van der Waals surface area contributed by atoms with Crippen molar-refractivity contribution >= 4 is 5.96 Å². The van der Waals surface area contributed by atoms with Crippen LogP contribution in [0.4, 0.5) is 0 Å². The van der Waals surface area contributed by atoms with E-state index in [4.69, 9.17) is 4.99 Å². The Balaban J connectivity index is 1.80. The van der Waals surface area contributed by atoms with Crippen molar-refractivity contribution in [2.24, 2.45) is 4.99 Å². The molecule has 24 heavy (non-hydrogen) atoms. The van der Waals surface area contributed by atoms with Crippen LogP contribution in [0.25, 0.3) is 0 Å². The highest BCUT2D eigenvalue weighted by Crippen LogP contribution is 2.04. The molecule has 0 bridgehead atoms. The molecule has 0 atom stereocenters. The molecule has 0 amide bonds. The Kier molecular flexibility index (Phi) is 7.87. The Morgan fingerprint density at radius 3 is 2.54 bits per heavy atom. The van der Waals surface area contributed by atoms with Crippen LogP contribution in [0.3, 0.4) is 0 Å². The molecule has 0 aliphatic heterocycles. The summed E-state index contributed by atoms with van der Waals surface area (Å²) in [6.45, 7) is 7.81. The van der Waals surface area contributed by atoms with E-state index in [1.807, 2.05) is 18.7 Å². The van der Waals surface area contributed by atoms with Gasteiger partial charge in [0, 0.05) is 32.0 Å². The molecule has 0 aliphatic carbocycles.